The van der Waals surface area contributed by atoms with E-state index in [-0.39, 0.29) is 5.12 Å². The van der Waals surface area contributed by atoms with Gasteiger partial charge < -0.3 is 0 Å². The molecule has 0 aliphatic heterocycles. The molecule has 10 heavy (non-hydrogen) atoms. The Labute approximate surface area is 61.6 Å². The summed E-state index contributed by atoms with van der Waals surface area (Å²) < 4.78 is 0. The minimum atomic E-state index is 0.0661. The van der Waals surface area contributed by atoms with Crippen LogP contribution in [-0.2, 0) is 10.5 Å². The van der Waals surface area contributed by atoms with Crippen LogP contribution in [0.25, 0.3) is 0 Å². The summed E-state index contributed by atoms with van der Waals surface area (Å²) in [5.41, 5.74) is 0. The largest absolute Gasteiger partial charge is 0.288 e. The van der Waals surface area contributed by atoms with Crippen LogP contribution in [0.1, 0.15) is 12.7 Å². The molecule has 0 radical (unpaired) electrons. The number of hydrogen-bond donors (Lipinski definition) is 1. The molecular weight excluding hydrogens is 152 g/mol. The summed E-state index contributed by atoms with van der Waals surface area (Å²) in [7, 11) is 0. The monoisotopic (exact) mass is 158 g/mol. The van der Waals surface area contributed by atoms with Gasteiger partial charge in [0.05, 0.1) is 5.75 Å². The minimum Gasteiger partial charge on any atom is -0.288 e. The first kappa shape index (κ1) is 7.20. The highest BCUT2D eigenvalue weighted by Gasteiger charge is 1.98. The predicted octanol–water partition coefficient (Wildman–Crippen LogP) is -0.0206. The van der Waals surface area contributed by atoms with Crippen LogP contribution in [0.3, 0.4) is 0 Å². The van der Waals surface area contributed by atoms with Crippen LogP contribution in [0.4, 0.5) is 0 Å². The van der Waals surface area contributed by atoms with E-state index in [2.05, 4.69) is 20.6 Å². The van der Waals surface area contributed by atoms with E-state index < -0.39 is 0 Å². The standard InChI is InChI=1S/C4H6N4OS/c1-3(9)10-2-4-5-7-8-6-4/h2H2,1H3,(H,5,6,7,8). The summed E-state index contributed by atoms with van der Waals surface area (Å²) in [5, 5.41) is 12.9. The van der Waals surface area contributed by atoms with Crippen molar-refractivity contribution in [3.8, 4) is 0 Å². The summed E-state index contributed by atoms with van der Waals surface area (Å²) in [4.78, 5) is 10.4. The lowest BCUT2D eigenvalue weighted by Crippen LogP contribution is -1.87. The van der Waals surface area contributed by atoms with Gasteiger partial charge in [-0.25, -0.2) is 5.10 Å². The second kappa shape index (κ2) is 3.31. The molecule has 0 unspecified atom stereocenters. The van der Waals surface area contributed by atoms with Crippen LogP contribution < -0.4 is 0 Å². The third-order valence-electron chi connectivity index (χ3n) is 0.801. The third kappa shape index (κ3) is 2.14. The fourth-order valence-corrected chi connectivity index (χ4v) is 0.872. The summed E-state index contributed by atoms with van der Waals surface area (Å²) in [6, 6.07) is 0. The number of aromatic amines is 1. The second-order valence-electron chi connectivity index (χ2n) is 1.63. The normalized spacial score (nSPS) is 9.70. The second-order valence-corrected chi connectivity index (χ2v) is 2.78. The zero-order valence-corrected chi connectivity index (χ0v) is 6.18. The van der Waals surface area contributed by atoms with Crippen molar-refractivity contribution in [2.75, 3.05) is 0 Å². The zero-order valence-electron chi connectivity index (χ0n) is 5.37. The van der Waals surface area contributed by atoms with Gasteiger partial charge in [-0.1, -0.05) is 11.8 Å². The van der Waals surface area contributed by atoms with Crippen molar-refractivity contribution in [3.05, 3.63) is 5.82 Å². The Morgan fingerprint density at radius 2 is 2.60 bits per heavy atom. The molecule has 1 aromatic rings. The maximum Gasteiger partial charge on any atom is 0.186 e. The Morgan fingerprint density at radius 3 is 3.10 bits per heavy atom. The molecule has 54 valence electrons. The average Bonchev–Trinajstić information content (AvgIpc) is 2.34. The van der Waals surface area contributed by atoms with Crippen molar-refractivity contribution in [1.82, 2.24) is 20.6 Å². The maximum atomic E-state index is 10.4. The van der Waals surface area contributed by atoms with E-state index in [0.717, 1.165) is 0 Å². The predicted molar refractivity (Wildman–Crippen MR) is 36.2 cm³/mol. The van der Waals surface area contributed by atoms with E-state index in [4.69, 9.17) is 0 Å². The lowest BCUT2D eigenvalue weighted by Gasteiger charge is -1.87. The van der Waals surface area contributed by atoms with E-state index >= 15 is 0 Å². The van der Waals surface area contributed by atoms with Gasteiger partial charge in [-0.3, -0.25) is 4.79 Å². The zero-order chi connectivity index (χ0) is 7.40. The van der Waals surface area contributed by atoms with Crippen LogP contribution in [0, 0.1) is 0 Å². The Kier molecular flexibility index (Phi) is 2.38. The molecule has 1 rings (SSSR count). The molecule has 1 N–H and O–H groups in total. The lowest BCUT2D eigenvalue weighted by atomic mass is 10.8. The number of aromatic nitrogens is 4. The van der Waals surface area contributed by atoms with Crippen LogP contribution in [0.5, 0.6) is 0 Å². The molecule has 0 spiro atoms. The number of nitrogens with one attached hydrogen (secondary N) is 1. The van der Waals surface area contributed by atoms with Crippen LogP contribution in [0.15, 0.2) is 0 Å². The van der Waals surface area contributed by atoms with Gasteiger partial charge in [-0.05, 0) is 10.4 Å². The van der Waals surface area contributed by atoms with Gasteiger partial charge in [-0.15, -0.1) is 5.10 Å². The maximum absolute atomic E-state index is 10.4. The average molecular weight is 158 g/mol. The molecule has 0 bridgehead atoms. The fourth-order valence-electron chi connectivity index (χ4n) is 0.410. The molecule has 1 aromatic heterocycles. The van der Waals surface area contributed by atoms with Gasteiger partial charge in [0.25, 0.3) is 0 Å². The Hall–Kier alpha value is -0.910. The number of carbonyl (C=O) groups is 1. The van der Waals surface area contributed by atoms with E-state index in [9.17, 15) is 4.79 Å². The van der Waals surface area contributed by atoms with Crippen molar-refractivity contribution in [3.63, 3.8) is 0 Å². The summed E-state index contributed by atoms with van der Waals surface area (Å²) in [5.74, 6) is 1.14. The van der Waals surface area contributed by atoms with Crippen molar-refractivity contribution < 1.29 is 4.79 Å². The molecular formula is C4H6N4OS. The van der Waals surface area contributed by atoms with E-state index in [1.165, 1.54) is 18.7 Å². The molecule has 0 saturated carbocycles. The van der Waals surface area contributed by atoms with Crippen LogP contribution in [0.2, 0.25) is 0 Å². The minimum absolute atomic E-state index is 0.0661. The molecule has 0 aliphatic rings. The molecule has 0 amide bonds. The van der Waals surface area contributed by atoms with Crippen molar-refractivity contribution in [2.24, 2.45) is 0 Å². The highest BCUT2D eigenvalue weighted by molar-refractivity contribution is 8.12. The van der Waals surface area contributed by atoms with Gasteiger partial charge in [-0.2, -0.15) is 0 Å². The molecule has 6 heteroatoms. The van der Waals surface area contributed by atoms with E-state index in [0.29, 0.717) is 11.6 Å². The molecule has 1 heterocycles. The number of H-pyrrole nitrogens is 1. The van der Waals surface area contributed by atoms with Gasteiger partial charge in [0.1, 0.15) is 0 Å². The molecule has 0 aliphatic carbocycles. The highest BCUT2D eigenvalue weighted by atomic mass is 32.2. The Bertz CT molecular complexity index is 209. The van der Waals surface area contributed by atoms with E-state index in [1.807, 2.05) is 0 Å². The van der Waals surface area contributed by atoms with Gasteiger partial charge >= 0.3 is 0 Å². The van der Waals surface area contributed by atoms with Gasteiger partial charge in [0.15, 0.2) is 10.9 Å². The van der Waals surface area contributed by atoms with Gasteiger partial charge in [0.2, 0.25) is 0 Å². The molecule has 0 saturated heterocycles. The number of rotatable bonds is 2. The first-order valence-electron chi connectivity index (χ1n) is 2.65. The summed E-state index contributed by atoms with van der Waals surface area (Å²) in [6.07, 6.45) is 0. The molecule has 0 fully saturated rings. The number of nitrogens with zero attached hydrogens (tertiary/aromatic N) is 3. The first-order valence-corrected chi connectivity index (χ1v) is 3.63. The number of tetrazole rings is 1. The number of hydrogen-bond acceptors (Lipinski definition) is 5. The van der Waals surface area contributed by atoms with Crippen molar-refractivity contribution in [2.45, 2.75) is 12.7 Å². The summed E-state index contributed by atoms with van der Waals surface area (Å²) in [6.45, 7) is 1.51. The summed E-state index contributed by atoms with van der Waals surface area (Å²) >= 11 is 1.18. The van der Waals surface area contributed by atoms with Crippen LogP contribution >= 0.6 is 11.8 Å². The van der Waals surface area contributed by atoms with Crippen molar-refractivity contribution in [1.29, 1.82) is 0 Å². The Balaban J connectivity index is 2.35. The molecule has 0 aromatic carbocycles. The molecule has 0 atom stereocenters. The molecule has 5 nitrogen and oxygen atoms in total. The smallest absolute Gasteiger partial charge is 0.186 e. The van der Waals surface area contributed by atoms with Gasteiger partial charge in [0, 0.05) is 6.92 Å². The number of thioether (sulfide) groups is 1. The number of carbonyl (C=O) groups excluding carboxylic acids is 1. The van der Waals surface area contributed by atoms with Crippen molar-refractivity contribution >= 4 is 16.9 Å². The topological polar surface area (TPSA) is 71.5 Å². The third-order valence-corrected chi connectivity index (χ3v) is 1.63. The lowest BCUT2D eigenvalue weighted by molar-refractivity contribution is -0.109. The fraction of sp³-hybridized carbons (Fsp3) is 0.500. The SMILES string of the molecule is CC(=O)SCc1nnn[nH]1. The quantitative estimate of drug-likeness (QED) is 0.654. The first-order chi connectivity index (χ1) is 4.79. The van der Waals surface area contributed by atoms with Crippen LogP contribution in [-0.4, -0.2) is 25.7 Å². The van der Waals surface area contributed by atoms with E-state index in [1.54, 1.807) is 0 Å². The highest BCUT2D eigenvalue weighted by Crippen LogP contribution is 2.06. The Morgan fingerprint density at radius 1 is 1.80 bits per heavy atom.